The molecule has 4 heteroatoms. The topological polar surface area (TPSA) is 33.1 Å². The van der Waals surface area contributed by atoms with E-state index in [1.165, 1.54) is 0 Å². The summed E-state index contributed by atoms with van der Waals surface area (Å²) >= 11 is 12.1. The third-order valence-electron chi connectivity index (χ3n) is 2.87. The van der Waals surface area contributed by atoms with Crippen LogP contribution < -0.4 is 0 Å². The van der Waals surface area contributed by atoms with Crippen LogP contribution in [-0.4, -0.2) is 10.1 Å². The Bertz CT molecular complexity index is 557. The molecule has 1 heterocycles. The van der Waals surface area contributed by atoms with Crippen molar-refractivity contribution in [2.75, 3.05) is 0 Å². The van der Waals surface area contributed by atoms with Crippen molar-refractivity contribution < 1.29 is 5.11 Å². The zero-order valence-corrected chi connectivity index (χ0v) is 11.4. The van der Waals surface area contributed by atoms with Crippen molar-refractivity contribution in [1.82, 2.24) is 4.98 Å². The van der Waals surface area contributed by atoms with Crippen LogP contribution in [0.2, 0.25) is 10.0 Å². The van der Waals surface area contributed by atoms with E-state index in [1.807, 2.05) is 25.1 Å². The number of aliphatic hydroxyl groups excluding tert-OH is 1. The lowest BCUT2D eigenvalue weighted by atomic mass is 9.99. The molecule has 2 rings (SSSR count). The number of halogens is 2. The van der Waals surface area contributed by atoms with Gasteiger partial charge in [0.25, 0.3) is 0 Å². The summed E-state index contributed by atoms with van der Waals surface area (Å²) in [5.74, 6) is 0. The van der Waals surface area contributed by atoms with Gasteiger partial charge in [-0.1, -0.05) is 35.3 Å². The fourth-order valence-electron chi connectivity index (χ4n) is 1.88. The van der Waals surface area contributed by atoms with Gasteiger partial charge in [0.15, 0.2) is 0 Å². The Balaban J connectivity index is 2.24. The molecule has 1 aromatic heterocycles. The number of aromatic nitrogens is 1. The maximum Gasteiger partial charge on any atom is 0.0834 e. The molecular formula is C14H13Cl2NO. The molecule has 1 aromatic carbocycles. The maximum atomic E-state index is 10.2. The Morgan fingerprint density at radius 1 is 1.28 bits per heavy atom. The SMILES string of the molecule is Cc1cnccc1C(O)Cc1cccc(Cl)c1Cl. The van der Waals surface area contributed by atoms with Gasteiger partial charge in [-0.2, -0.15) is 0 Å². The lowest BCUT2D eigenvalue weighted by Gasteiger charge is -2.14. The molecule has 2 aromatic rings. The molecule has 0 radical (unpaired) electrons. The van der Waals surface area contributed by atoms with Crippen molar-refractivity contribution in [3.63, 3.8) is 0 Å². The molecule has 0 fully saturated rings. The van der Waals surface area contributed by atoms with Crippen molar-refractivity contribution in [2.45, 2.75) is 19.4 Å². The molecule has 1 N–H and O–H groups in total. The number of nitrogens with zero attached hydrogens (tertiary/aromatic N) is 1. The molecule has 18 heavy (non-hydrogen) atoms. The monoisotopic (exact) mass is 281 g/mol. The highest BCUT2D eigenvalue weighted by molar-refractivity contribution is 6.42. The molecule has 94 valence electrons. The van der Waals surface area contributed by atoms with E-state index in [1.54, 1.807) is 18.5 Å². The van der Waals surface area contributed by atoms with E-state index in [2.05, 4.69) is 4.98 Å². The largest absolute Gasteiger partial charge is 0.388 e. The second-order valence-electron chi connectivity index (χ2n) is 4.17. The van der Waals surface area contributed by atoms with Gasteiger partial charge in [0, 0.05) is 18.8 Å². The fraction of sp³-hybridized carbons (Fsp3) is 0.214. The predicted octanol–water partition coefficient (Wildman–Crippen LogP) is 3.97. The molecule has 0 aliphatic carbocycles. The Hall–Kier alpha value is -1.09. The lowest BCUT2D eigenvalue weighted by Crippen LogP contribution is -2.04. The summed E-state index contributed by atoms with van der Waals surface area (Å²) in [6.45, 7) is 1.92. The number of hydrogen-bond donors (Lipinski definition) is 1. The first kappa shape index (κ1) is 13.3. The summed E-state index contributed by atoms with van der Waals surface area (Å²) < 4.78 is 0. The van der Waals surface area contributed by atoms with Crippen molar-refractivity contribution in [2.24, 2.45) is 0 Å². The minimum atomic E-state index is -0.607. The maximum absolute atomic E-state index is 10.2. The van der Waals surface area contributed by atoms with E-state index in [4.69, 9.17) is 23.2 Å². The standard InChI is InChI=1S/C14H13Cl2NO/c1-9-8-17-6-5-11(9)13(18)7-10-3-2-4-12(15)14(10)16/h2-6,8,13,18H,7H2,1H3. The first-order chi connectivity index (χ1) is 8.59. The van der Waals surface area contributed by atoms with Gasteiger partial charge in [-0.25, -0.2) is 0 Å². The second kappa shape index (κ2) is 5.70. The van der Waals surface area contributed by atoms with Crippen LogP contribution >= 0.6 is 23.2 Å². The number of aliphatic hydroxyl groups is 1. The Morgan fingerprint density at radius 2 is 2.06 bits per heavy atom. The van der Waals surface area contributed by atoms with Crippen molar-refractivity contribution >= 4 is 23.2 Å². The minimum Gasteiger partial charge on any atom is -0.388 e. The van der Waals surface area contributed by atoms with Gasteiger partial charge in [-0.15, -0.1) is 0 Å². The highest BCUT2D eigenvalue weighted by Gasteiger charge is 2.14. The van der Waals surface area contributed by atoms with Gasteiger partial charge in [-0.3, -0.25) is 4.98 Å². The number of benzene rings is 1. The van der Waals surface area contributed by atoms with Crippen LogP contribution in [0, 0.1) is 6.92 Å². The highest BCUT2D eigenvalue weighted by atomic mass is 35.5. The molecule has 0 aliphatic rings. The number of hydrogen-bond acceptors (Lipinski definition) is 2. The molecule has 0 saturated heterocycles. The first-order valence-corrected chi connectivity index (χ1v) is 6.36. The van der Waals surface area contributed by atoms with Gasteiger partial charge in [-0.05, 0) is 35.7 Å². The zero-order chi connectivity index (χ0) is 13.1. The van der Waals surface area contributed by atoms with Crippen LogP contribution in [0.25, 0.3) is 0 Å². The van der Waals surface area contributed by atoms with Crippen LogP contribution in [0.1, 0.15) is 22.8 Å². The molecule has 0 saturated carbocycles. The number of aryl methyl sites for hydroxylation is 1. The molecule has 0 aliphatic heterocycles. The molecule has 0 amide bonds. The van der Waals surface area contributed by atoms with Crippen LogP contribution in [0.15, 0.2) is 36.7 Å². The van der Waals surface area contributed by atoms with Crippen LogP contribution in [0.4, 0.5) is 0 Å². The van der Waals surface area contributed by atoms with Crippen molar-refractivity contribution in [3.8, 4) is 0 Å². The van der Waals surface area contributed by atoms with Gasteiger partial charge in [0.05, 0.1) is 16.1 Å². The molecular weight excluding hydrogens is 269 g/mol. The van der Waals surface area contributed by atoms with E-state index >= 15 is 0 Å². The highest BCUT2D eigenvalue weighted by Crippen LogP contribution is 2.29. The average molecular weight is 282 g/mol. The van der Waals surface area contributed by atoms with Gasteiger partial charge < -0.3 is 5.11 Å². The summed E-state index contributed by atoms with van der Waals surface area (Å²) in [6, 6.07) is 7.25. The van der Waals surface area contributed by atoms with Crippen LogP contribution in [0.5, 0.6) is 0 Å². The molecule has 2 nitrogen and oxygen atoms in total. The van der Waals surface area contributed by atoms with Crippen LogP contribution in [-0.2, 0) is 6.42 Å². The summed E-state index contributed by atoms with van der Waals surface area (Å²) in [6.07, 6.45) is 3.23. The molecule has 1 atom stereocenters. The Labute approximate surface area is 116 Å². The van der Waals surface area contributed by atoms with E-state index < -0.39 is 6.10 Å². The summed E-state index contributed by atoms with van der Waals surface area (Å²) in [7, 11) is 0. The Morgan fingerprint density at radius 3 is 2.78 bits per heavy atom. The second-order valence-corrected chi connectivity index (χ2v) is 4.95. The van der Waals surface area contributed by atoms with Crippen LogP contribution in [0.3, 0.4) is 0 Å². The smallest absolute Gasteiger partial charge is 0.0834 e. The van der Waals surface area contributed by atoms with Gasteiger partial charge in [0.2, 0.25) is 0 Å². The lowest BCUT2D eigenvalue weighted by molar-refractivity contribution is 0.177. The fourth-order valence-corrected chi connectivity index (χ4v) is 2.28. The van der Waals surface area contributed by atoms with Gasteiger partial charge in [0.1, 0.15) is 0 Å². The summed E-state index contributed by atoms with van der Waals surface area (Å²) in [5.41, 5.74) is 2.66. The van der Waals surface area contributed by atoms with Gasteiger partial charge >= 0.3 is 0 Å². The van der Waals surface area contributed by atoms with E-state index in [9.17, 15) is 5.11 Å². The minimum absolute atomic E-state index is 0.435. The summed E-state index contributed by atoms with van der Waals surface area (Å²) in [5, 5.41) is 11.3. The molecule has 0 bridgehead atoms. The number of pyridine rings is 1. The van der Waals surface area contributed by atoms with Crippen molar-refractivity contribution in [3.05, 3.63) is 63.4 Å². The third-order valence-corrected chi connectivity index (χ3v) is 3.73. The predicted molar refractivity (Wildman–Crippen MR) is 74.1 cm³/mol. The molecule has 0 spiro atoms. The van der Waals surface area contributed by atoms with E-state index in [-0.39, 0.29) is 0 Å². The van der Waals surface area contributed by atoms with E-state index in [0.29, 0.717) is 16.5 Å². The summed E-state index contributed by atoms with van der Waals surface area (Å²) in [4.78, 5) is 4.01. The number of rotatable bonds is 3. The van der Waals surface area contributed by atoms with Crippen molar-refractivity contribution in [1.29, 1.82) is 0 Å². The molecule has 1 unspecified atom stereocenters. The Kier molecular flexibility index (Phi) is 4.23. The zero-order valence-electron chi connectivity index (χ0n) is 9.90. The first-order valence-electron chi connectivity index (χ1n) is 5.61. The average Bonchev–Trinajstić information content (AvgIpc) is 2.35. The quantitative estimate of drug-likeness (QED) is 0.923. The third kappa shape index (κ3) is 2.83. The van der Waals surface area contributed by atoms with E-state index in [0.717, 1.165) is 16.7 Å². The normalized spacial score (nSPS) is 12.4.